The Hall–Kier alpha value is -2.76. The van der Waals surface area contributed by atoms with Gasteiger partial charge in [-0.3, -0.25) is 0 Å². The van der Waals surface area contributed by atoms with Crippen molar-refractivity contribution in [2.75, 3.05) is 13.1 Å². The standard InChI is InChI=1S/C21H21F2N5O3S/c1-21(6-7-21)28-32(29,30)13-10-14(12-4-8-24-9-5-12)19-15(11-13)18(27-31-19)16-2-3-17(20(22)23)26-25-16/h2-4,10-11,20,24,28H,5-9H2,1H3. The van der Waals surface area contributed by atoms with E-state index in [-0.39, 0.29) is 16.3 Å². The summed E-state index contributed by atoms with van der Waals surface area (Å²) in [6.07, 6.45) is 1.51. The van der Waals surface area contributed by atoms with Gasteiger partial charge in [-0.05, 0) is 62.6 Å². The molecule has 8 nitrogen and oxygen atoms in total. The molecule has 0 unspecified atom stereocenters. The molecule has 3 aromatic rings. The molecule has 11 heteroatoms. The van der Waals surface area contributed by atoms with Crippen molar-refractivity contribution < 1.29 is 21.7 Å². The van der Waals surface area contributed by atoms with Crippen molar-refractivity contribution in [3.05, 3.63) is 41.6 Å². The first kappa shape index (κ1) is 21.1. The average molecular weight is 461 g/mol. The molecule has 1 aliphatic heterocycles. The van der Waals surface area contributed by atoms with Crippen LogP contribution in [0.25, 0.3) is 27.9 Å². The van der Waals surface area contributed by atoms with E-state index in [9.17, 15) is 17.2 Å². The first-order valence-electron chi connectivity index (χ1n) is 10.3. The van der Waals surface area contributed by atoms with Crippen LogP contribution < -0.4 is 10.0 Å². The number of benzene rings is 1. The van der Waals surface area contributed by atoms with E-state index in [2.05, 4.69) is 25.4 Å². The van der Waals surface area contributed by atoms with E-state index in [0.717, 1.165) is 25.0 Å². The molecule has 168 valence electrons. The van der Waals surface area contributed by atoms with Gasteiger partial charge >= 0.3 is 0 Å². The minimum absolute atomic E-state index is 0.0918. The van der Waals surface area contributed by atoms with Gasteiger partial charge in [0, 0.05) is 17.6 Å². The van der Waals surface area contributed by atoms with E-state index >= 15 is 0 Å². The summed E-state index contributed by atoms with van der Waals surface area (Å²) in [5, 5.41) is 15.1. The molecule has 1 saturated carbocycles. The van der Waals surface area contributed by atoms with Crippen LogP contribution >= 0.6 is 0 Å². The number of nitrogens with zero attached hydrogens (tertiary/aromatic N) is 3. The minimum atomic E-state index is -3.80. The van der Waals surface area contributed by atoms with Crippen LogP contribution in [0.5, 0.6) is 0 Å². The molecule has 5 rings (SSSR count). The molecule has 1 aromatic carbocycles. The third kappa shape index (κ3) is 3.91. The van der Waals surface area contributed by atoms with Gasteiger partial charge in [-0.1, -0.05) is 11.2 Å². The zero-order valence-corrected chi connectivity index (χ0v) is 18.0. The van der Waals surface area contributed by atoms with Crippen molar-refractivity contribution in [3.8, 4) is 11.4 Å². The second-order valence-corrected chi connectivity index (χ2v) is 10.1. The summed E-state index contributed by atoms with van der Waals surface area (Å²) in [7, 11) is -3.80. The minimum Gasteiger partial charge on any atom is -0.355 e. The van der Waals surface area contributed by atoms with Crippen molar-refractivity contribution in [1.29, 1.82) is 0 Å². The third-order valence-electron chi connectivity index (χ3n) is 5.80. The summed E-state index contributed by atoms with van der Waals surface area (Å²) in [4.78, 5) is 0.0918. The lowest BCUT2D eigenvalue weighted by Crippen LogP contribution is -2.34. The van der Waals surface area contributed by atoms with Crippen molar-refractivity contribution in [2.45, 2.75) is 43.0 Å². The van der Waals surface area contributed by atoms with Crippen LogP contribution in [-0.2, 0) is 10.0 Å². The van der Waals surface area contributed by atoms with Crippen LogP contribution in [-0.4, -0.2) is 42.4 Å². The van der Waals surface area contributed by atoms with Crippen LogP contribution in [0.4, 0.5) is 8.78 Å². The van der Waals surface area contributed by atoms with Gasteiger partial charge < -0.3 is 9.84 Å². The quantitative estimate of drug-likeness (QED) is 0.579. The molecular formula is C21H21F2N5O3S. The number of hydrogen-bond acceptors (Lipinski definition) is 7. The first-order valence-corrected chi connectivity index (χ1v) is 11.7. The summed E-state index contributed by atoms with van der Waals surface area (Å²) in [6, 6.07) is 5.64. The lowest BCUT2D eigenvalue weighted by molar-refractivity contribution is 0.145. The molecule has 0 radical (unpaired) electrons. The summed E-state index contributed by atoms with van der Waals surface area (Å²) in [5.74, 6) is 0. The number of nitrogens with one attached hydrogen (secondary N) is 2. The summed E-state index contributed by atoms with van der Waals surface area (Å²) >= 11 is 0. The topological polar surface area (TPSA) is 110 Å². The molecule has 2 aliphatic rings. The maximum Gasteiger partial charge on any atom is 0.282 e. The van der Waals surface area contributed by atoms with Crippen LogP contribution in [0.15, 0.2) is 39.8 Å². The van der Waals surface area contributed by atoms with Gasteiger partial charge in [0.05, 0.1) is 10.3 Å². The van der Waals surface area contributed by atoms with Crippen LogP contribution in [0.1, 0.15) is 43.9 Å². The molecule has 0 bridgehead atoms. The average Bonchev–Trinajstić information content (AvgIpc) is 3.33. The van der Waals surface area contributed by atoms with Crippen molar-refractivity contribution in [1.82, 2.24) is 25.4 Å². The molecule has 0 atom stereocenters. The molecule has 32 heavy (non-hydrogen) atoms. The fourth-order valence-corrected chi connectivity index (χ4v) is 5.24. The Morgan fingerprint density at radius 2 is 2.03 bits per heavy atom. The normalized spacial score (nSPS) is 18.2. The third-order valence-corrected chi connectivity index (χ3v) is 7.42. The Kier molecular flexibility index (Phi) is 5.06. The lowest BCUT2D eigenvalue weighted by Gasteiger charge is -2.17. The number of alkyl halides is 2. The van der Waals surface area contributed by atoms with Crippen molar-refractivity contribution in [2.24, 2.45) is 0 Å². The highest BCUT2D eigenvalue weighted by Crippen LogP contribution is 2.39. The monoisotopic (exact) mass is 461 g/mol. The Bertz CT molecular complexity index is 1320. The number of hydrogen-bond donors (Lipinski definition) is 2. The first-order chi connectivity index (χ1) is 15.3. The van der Waals surface area contributed by atoms with Gasteiger partial charge in [0.2, 0.25) is 10.0 Å². The fourth-order valence-electron chi connectivity index (χ4n) is 3.72. The van der Waals surface area contributed by atoms with Gasteiger partial charge in [0.25, 0.3) is 6.43 Å². The Balaban J connectivity index is 1.68. The highest BCUT2D eigenvalue weighted by molar-refractivity contribution is 7.89. The maximum atomic E-state index is 13.2. The Morgan fingerprint density at radius 1 is 1.22 bits per heavy atom. The van der Waals surface area contributed by atoms with Gasteiger partial charge in [0.15, 0.2) is 5.58 Å². The molecule has 1 fully saturated rings. The molecule has 0 saturated heterocycles. The Labute approximate surface area is 183 Å². The summed E-state index contributed by atoms with van der Waals surface area (Å²) < 4.78 is 60.4. The van der Waals surface area contributed by atoms with Crippen LogP contribution in [0.2, 0.25) is 0 Å². The molecule has 0 spiro atoms. The number of sulfonamides is 1. The van der Waals surface area contributed by atoms with E-state index in [1.54, 1.807) is 6.07 Å². The van der Waals surface area contributed by atoms with Crippen molar-refractivity contribution >= 4 is 26.6 Å². The lowest BCUT2D eigenvalue weighted by atomic mass is 9.97. The number of aromatic nitrogens is 3. The molecule has 1 aliphatic carbocycles. The molecule has 3 heterocycles. The second kappa shape index (κ2) is 7.68. The highest BCUT2D eigenvalue weighted by atomic mass is 32.2. The smallest absolute Gasteiger partial charge is 0.282 e. The number of halogens is 2. The predicted molar refractivity (Wildman–Crippen MR) is 113 cm³/mol. The van der Waals surface area contributed by atoms with Crippen LogP contribution in [0.3, 0.4) is 0 Å². The summed E-state index contributed by atoms with van der Waals surface area (Å²) in [6.45, 7) is 3.28. The SMILES string of the molecule is CC1(NS(=O)(=O)c2cc(C3=CCNCC3)c3onc(-c4ccc(C(F)F)nn4)c3c2)CC1. The molecule has 0 amide bonds. The maximum absolute atomic E-state index is 13.2. The van der Waals surface area contributed by atoms with Crippen molar-refractivity contribution in [3.63, 3.8) is 0 Å². The van der Waals surface area contributed by atoms with E-state index in [1.165, 1.54) is 18.2 Å². The zero-order chi connectivity index (χ0) is 22.5. The second-order valence-electron chi connectivity index (χ2n) is 8.37. The molecule has 2 aromatic heterocycles. The number of rotatable bonds is 6. The predicted octanol–water partition coefficient (Wildman–Crippen LogP) is 3.43. The highest BCUT2D eigenvalue weighted by Gasteiger charge is 2.41. The molecule has 2 N–H and O–H groups in total. The van der Waals surface area contributed by atoms with E-state index in [0.29, 0.717) is 29.5 Å². The van der Waals surface area contributed by atoms with Gasteiger partial charge in [-0.2, -0.15) is 0 Å². The van der Waals surface area contributed by atoms with E-state index < -0.39 is 27.7 Å². The summed E-state index contributed by atoms with van der Waals surface area (Å²) in [5.41, 5.74) is 1.59. The van der Waals surface area contributed by atoms with Gasteiger partial charge in [-0.15, -0.1) is 10.2 Å². The Morgan fingerprint density at radius 3 is 2.66 bits per heavy atom. The van der Waals surface area contributed by atoms with Gasteiger partial charge in [0.1, 0.15) is 17.1 Å². The van der Waals surface area contributed by atoms with Crippen LogP contribution in [0, 0.1) is 0 Å². The van der Waals surface area contributed by atoms with E-state index in [4.69, 9.17) is 4.52 Å². The molecular weight excluding hydrogens is 440 g/mol. The largest absolute Gasteiger partial charge is 0.355 e. The zero-order valence-electron chi connectivity index (χ0n) is 17.2. The number of fused-ring (bicyclic) bond motifs is 1. The van der Waals surface area contributed by atoms with Gasteiger partial charge in [-0.25, -0.2) is 21.9 Å². The van der Waals surface area contributed by atoms with E-state index in [1.807, 2.05) is 13.0 Å². The fraction of sp³-hybridized carbons (Fsp3) is 0.381.